The number of alkyl halides is 1. The lowest BCUT2D eigenvalue weighted by molar-refractivity contribution is -0.00759. The van der Waals surface area contributed by atoms with Crippen LogP contribution in [-0.4, -0.2) is 34.1 Å². The zero-order valence-corrected chi connectivity index (χ0v) is 14.5. The van der Waals surface area contributed by atoms with Gasteiger partial charge >= 0.3 is 6.09 Å². The van der Waals surface area contributed by atoms with Crippen molar-refractivity contribution in [3.05, 3.63) is 0 Å². The molecule has 0 aromatic heterocycles. The van der Waals surface area contributed by atoms with Crippen LogP contribution in [0.2, 0.25) is 0 Å². The molecule has 0 bridgehead atoms. The summed E-state index contributed by atoms with van der Waals surface area (Å²) >= 11 is 2.52. The van der Waals surface area contributed by atoms with E-state index in [0.29, 0.717) is 5.41 Å². The average Bonchev–Trinajstić information content (AvgIpc) is 2.76. The molecule has 1 saturated carbocycles. The number of hydrogen-bond donors (Lipinski definition) is 0. The number of carbonyl (C=O) groups excluding carboxylic acids is 1. The minimum atomic E-state index is -0.389. The molecule has 19 heavy (non-hydrogen) atoms. The minimum Gasteiger partial charge on any atom is -0.444 e. The standard InChI is InChI=1S/C15H26INO2/c1-14(2,3)19-13(18)17-9-6-12(10-16)15(11-17)7-4-5-8-15/h12H,4-11H2,1-3H3. The largest absolute Gasteiger partial charge is 0.444 e. The molecule has 110 valence electrons. The van der Waals surface area contributed by atoms with E-state index in [2.05, 4.69) is 22.6 Å². The maximum absolute atomic E-state index is 12.3. The molecule has 1 unspecified atom stereocenters. The summed E-state index contributed by atoms with van der Waals surface area (Å²) in [5.41, 5.74) is -0.00359. The normalized spacial score (nSPS) is 26.7. The highest BCUT2D eigenvalue weighted by atomic mass is 127. The maximum atomic E-state index is 12.3. The molecule has 1 aliphatic carbocycles. The summed E-state index contributed by atoms with van der Waals surface area (Å²) in [6, 6.07) is 0. The fourth-order valence-electron chi connectivity index (χ4n) is 3.57. The van der Waals surface area contributed by atoms with Gasteiger partial charge in [0.15, 0.2) is 0 Å². The van der Waals surface area contributed by atoms with Crippen LogP contribution in [-0.2, 0) is 4.74 Å². The summed E-state index contributed by atoms with van der Waals surface area (Å²) in [7, 11) is 0. The SMILES string of the molecule is CC(C)(C)OC(=O)N1CCC(CI)C2(CCCC2)C1. The molecular formula is C15H26INO2. The highest BCUT2D eigenvalue weighted by Gasteiger charge is 2.46. The molecule has 1 heterocycles. The predicted octanol–water partition coefficient (Wildman–Crippen LogP) is 4.24. The van der Waals surface area contributed by atoms with E-state index < -0.39 is 0 Å². The summed E-state index contributed by atoms with van der Waals surface area (Å²) in [5, 5.41) is 0. The predicted molar refractivity (Wildman–Crippen MR) is 85.7 cm³/mol. The number of carbonyl (C=O) groups is 1. The number of nitrogens with zero attached hydrogens (tertiary/aromatic N) is 1. The van der Waals surface area contributed by atoms with Gasteiger partial charge in [0, 0.05) is 17.5 Å². The smallest absolute Gasteiger partial charge is 0.410 e. The lowest BCUT2D eigenvalue weighted by atomic mass is 9.70. The molecule has 0 aromatic rings. The number of amides is 1. The van der Waals surface area contributed by atoms with Crippen molar-refractivity contribution in [3.8, 4) is 0 Å². The van der Waals surface area contributed by atoms with Crippen LogP contribution in [0.25, 0.3) is 0 Å². The van der Waals surface area contributed by atoms with E-state index in [-0.39, 0.29) is 11.7 Å². The Kier molecular flexibility index (Phi) is 4.68. The Morgan fingerprint density at radius 1 is 1.37 bits per heavy atom. The first-order valence-electron chi connectivity index (χ1n) is 7.40. The van der Waals surface area contributed by atoms with Crippen molar-refractivity contribution in [1.29, 1.82) is 0 Å². The Bertz CT molecular complexity index is 332. The molecule has 2 aliphatic rings. The van der Waals surface area contributed by atoms with E-state index in [1.54, 1.807) is 0 Å². The molecule has 0 N–H and O–H groups in total. The Morgan fingerprint density at radius 3 is 2.53 bits per heavy atom. The van der Waals surface area contributed by atoms with Crippen LogP contribution < -0.4 is 0 Å². The van der Waals surface area contributed by atoms with Gasteiger partial charge in [0.2, 0.25) is 0 Å². The average molecular weight is 379 g/mol. The highest BCUT2D eigenvalue weighted by molar-refractivity contribution is 14.1. The van der Waals surface area contributed by atoms with E-state index in [1.807, 2.05) is 25.7 Å². The first kappa shape index (κ1) is 15.4. The highest BCUT2D eigenvalue weighted by Crippen LogP contribution is 2.49. The van der Waals surface area contributed by atoms with E-state index >= 15 is 0 Å². The molecule has 2 rings (SSSR count). The number of ether oxygens (including phenoxy) is 1. The van der Waals surface area contributed by atoms with Crippen molar-refractivity contribution < 1.29 is 9.53 Å². The number of likely N-dealkylation sites (tertiary alicyclic amines) is 1. The van der Waals surface area contributed by atoms with Crippen LogP contribution in [0.5, 0.6) is 0 Å². The first-order chi connectivity index (χ1) is 8.86. The second-order valence-corrected chi connectivity index (χ2v) is 7.99. The van der Waals surface area contributed by atoms with Gasteiger partial charge in [-0.1, -0.05) is 35.4 Å². The van der Waals surface area contributed by atoms with Crippen LogP contribution in [0.4, 0.5) is 4.79 Å². The zero-order chi connectivity index (χ0) is 14.1. The van der Waals surface area contributed by atoms with Crippen molar-refractivity contribution in [2.75, 3.05) is 17.5 Å². The van der Waals surface area contributed by atoms with Gasteiger partial charge in [-0.2, -0.15) is 0 Å². The van der Waals surface area contributed by atoms with Crippen LogP contribution in [0.15, 0.2) is 0 Å². The number of rotatable bonds is 1. The zero-order valence-electron chi connectivity index (χ0n) is 12.4. The fourth-order valence-corrected chi connectivity index (χ4v) is 4.95. The third-order valence-electron chi connectivity index (χ3n) is 4.56. The minimum absolute atomic E-state index is 0.120. The molecule has 3 nitrogen and oxygen atoms in total. The van der Waals surface area contributed by atoms with Gasteiger partial charge in [0.1, 0.15) is 5.60 Å². The molecule has 1 atom stereocenters. The van der Waals surface area contributed by atoms with Gasteiger partial charge < -0.3 is 9.64 Å². The van der Waals surface area contributed by atoms with Crippen LogP contribution >= 0.6 is 22.6 Å². The topological polar surface area (TPSA) is 29.5 Å². The van der Waals surface area contributed by atoms with Gasteiger partial charge in [-0.05, 0) is 51.4 Å². The Hall–Kier alpha value is 0. The molecule has 1 spiro atoms. The molecule has 1 amide bonds. The number of piperidine rings is 1. The van der Waals surface area contributed by atoms with Crippen molar-refractivity contribution in [2.45, 2.75) is 58.5 Å². The lowest BCUT2D eigenvalue weighted by Crippen LogP contribution is -2.51. The summed E-state index contributed by atoms with van der Waals surface area (Å²) in [6.45, 7) is 7.59. The molecule has 1 aliphatic heterocycles. The fraction of sp³-hybridized carbons (Fsp3) is 0.933. The third kappa shape index (κ3) is 3.56. The quantitative estimate of drug-likeness (QED) is 0.504. The molecular weight excluding hydrogens is 353 g/mol. The molecule has 0 aromatic carbocycles. The third-order valence-corrected chi connectivity index (χ3v) is 5.62. The summed E-state index contributed by atoms with van der Waals surface area (Å²) < 4.78 is 6.76. The van der Waals surface area contributed by atoms with Gasteiger partial charge in [0.25, 0.3) is 0 Å². The van der Waals surface area contributed by atoms with Crippen LogP contribution in [0.3, 0.4) is 0 Å². The molecule has 0 radical (unpaired) electrons. The van der Waals surface area contributed by atoms with Crippen molar-refractivity contribution in [1.82, 2.24) is 4.90 Å². The van der Waals surface area contributed by atoms with Crippen molar-refractivity contribution in [3.63, 3.8) is 0 Å². The molecule has 1 saturated heterocycles. The van der Waals surface area contributed by atoms with Crippen LogP contribution in [0, 0.1) is 11.3 Å². The van der Waals surface area contributed by atoms with Gasteiger partial charge in [-0.3, -0.25) is 0 Å². The summed E-state index contributed by atoms with van der Waals surface area (Å²) in [4.78, 5) is 14.2. The van der Waals surface area contributed by atoms with E-state index in [0.717, 1.165) is 25.4 Å². The molecule has 2 fully saturated rings. The van der Waals surface area contributed by atoms with E-state index in [1.165, 1.54) is 30.1 Å². The maximum Gasteiger partial charge on any atom is 0.410 e. The number of halogens is 1. The Balaban J connectivity index is 2.04. The second kappa shape index (κ2) is 5.78. The monoisotopic (exact) mass is 379 g/mol. The van der Waals surface area contributed by atoms with Gasteiger partial charge in [-0.25, -0.2) is 4.79 Å². The lowest BCUT2D eigenvalue weighted by Gasteiger charge is -2.46. The van der Waals surface area contributed by atoms with Gasteiger partial charge in [-0.15, -0.1) is 0 Å². The number of hydrogen-bond acceptors (Lipinski definition) is 2. The molecule has 4 heteroatoms. The van der Waals surface area contributed by atoms with Crippen LogP contribution in [0.1, 0.15) is 52.9 Å². The second-order valence-electron chi connectivity index (χ2n) is 7.11. The first-order valence-corrected chi connectivity index (χ1v) is 8.93. The van der Waals surface area contributed by atoms with E-state index in [9.17, 15) is 4.79 Å². The van der Waals surface area contributed by atoms with Crippen molar-refractivity contribution in [2.24, 2.45) is 11.3 Å². The van der Waals surface area contributed by atoms with E-state index in [4.69, 9.17) is 4.74 Å². The Morgan fingerprint density at radius 2 is 2.00 bits per heavy atom. The van der Waals surface area contributed by atoms with Gasteiger partial charge in [0.05, 0.1) is 0 Å². The Labute approximate surface area is 130 Å². The summed E-state index contributed by atoms with van der Waals surface area (Å²) in [5.74, 6) is 0.786. The van der Waals surface area contributed by atoms with Crippen molar-refractivity contribution >= 4 is 28.7 Å². The summed E-state index contributed by atoms with van der Waals surface area (Å²) in [6.07, 6.45) is 6.26.